The van der Waals surface area contributed by atoms with Crippen LogP contribution in [0.2, 0.25) is 0 Å². The average molecular weight is 168 g/mol. The van der Waals surface area contributed by atoms with Gasteiger partial charge in [0.05, 0.1) is 0 Å². The summed E-state index contributed by atoms with van der Waals surface area (Å²) in [6.07, 6.45) is 1.41. The third-order valence-corrected chi connectivity index (χ3v) is 1.29. The molecule has 64 valence electrons. The lowest BCUT2D eigenvalue weighted by molar-refractivity contribution is -0.130. The first-order valence-corrected chi connectivity index (χ1v) is 3.34. The first-order valence-electron chi connectivity index (χ1n) is 3.34. The molecule has 5 nitrogen and oxygen atoms in total. The van der Waals surface area contributed by atoms with E-state index in [-0.39, 0.29) is 5.82 Å². The summed E-state index contributed by atoms with van der Waals surface area (Å²) in [5.74, 6) is -0.697. The van der Waals surface area contributed by atoms with Crippen LogP contribution >= 0.6 is 0 Å². The van der Waals surface area contributed by atoms with Crippen LogP contribution in [0, 0.1) is 0 Å². The molecule has 1 atom stereocenters. The van der Waals surface area contributed by atoms with Crippen LogP contribution in [0.15, 0.2) is 18.5 Å². The van der Waals surface area contributed by atoms with Crippen LogP contribution in [-0.2, 0) is 4.79 Å². The van der Waals surface area contributed by atoms with Crippen molar-refractivity contribution < 1.29 is 15.0 Å². The first kappa shape index (κ1) is 8.76. The maximum Gasteiger partial charge on any atom is 0.194 e. The molecule has 1 aromatic rings. The molecule has 0 spiro atoms. The summed E-state index contributed by atoms with van der Waals surface area (Å²) in [4.78, 5) is 18.0. The van der Waals surface area contributed by atoms with E-state index in [2.05, 4.69) is 9.97 Å². The quantitative estimate of drug-likeness (QED) is 0.609. The van der Waals surface area contributed by atoms with Gasteiger partial charge in [-0.25, -0.2) is 9.97 Å². The molecule has 0 saturated carbocycles. The van der Waals surface area contributed by atoms with Crippen molar-refractivity contribution in [3.63, 3.8) is 0 Å². The topological polar surface area (TPSA) is 83.3 Å². The van der Waals surface area contributed by atoms with Gasteiger partial charge in [0.15, 0.2) is 17.7 Å². The van der Waals surface area contributed by atoms with Crippen molar-refractivity contribution in [2.45, 2.75) is 6.10 Å². The third kappa shape index (κ3) is 1.84. The van der Waals surface area contributed by atoms with Crippen LogP contribution in [0.1, 0.15) is 11.9 Å². The van der Waals surface area contributed by atoms with Crippen LogP contribution in [0.5, 0.6) is 0 Å². The Kier molecular flexibility index (Phi) is 2.84. The molecule has 0 radical (unpaired) electrons. The number of aliphatic hydroxyl groups excluding tert-OH is 2. The van der Waals surface area contributed by atoms with Gasteiger partial charge in [-0.1, -0.05) is 0 Å². The fraction of sp³-hybridized carbons (Fsp3) is 0.286. The summed E-state index contributed by atoms with van der Waals surface area (Å²) in [5.41, 5.74) is 0. The summed E-state index contributed by atoms with van der Waals surface area (Å²) in [5, 5.41) is 17.6. The second-order valence-corrected chi connectivity index (χ2v) is 2.13. The minimum absolute atomic E-state index is 0.0107. The van der Waals surface area contributed by atoms with Crippen molar-refractivity contribution in [1.29, 1.82) is 0 Å². The van der Waals surface area contributed by atoms with E-state index in [1.807, 2.05) is 0 Å². The number of aliphatic hydroxyl groups is 2. The minimum atomic E-state index is -1.42. The monoisotopic (exact) mass is 168 g/mol. The minimum Gasteiger partial charge on any atom is -0.388 e. The fourth-order valence-corrected chi connectivity index (χ4v) is 0.682. The number of ketones is 1. The smallest absolute Gasteiger partial charge is 0.194 e. The van der Waals surface area contributed by atoms with Crippen molar-refractivity contribution in [1.82, 2.24) is 9.97 Å². The summed E-state index contributed by atoms with van der Waals surface area (Å²) in [6, 6.07) is 1.57. The van der Waals surface area contributed by atoms with Gasteiger partial charge in [-0.15, -0.1) is 0 Å². The highest BCUT2D eigenvalue weighted by Crippen LogP contribution is 2.05. The summed E-state index contributed by atoms with van der Waals surface area (Å²) in [7, 11) is 0. The molecule has 1 unspecified atom stereocenters. The Morgan fingerprint density at radius 1 is 1.50 bits per heavy atom. The number of carbonyl (C=O) groups is 1. The average Bonchev–Trinajstić information content (AvgIpc) is 2.17. The Morgan fingerprint density at radius 3 is 2.58 bits per heavy atom. The van der Waals surface area contributed by atoms with Gasteiger partial charge in [0.25, 0.3) is 0 Å². The number of Topliss-reactive ketones (excluding diaryl/α,β-unsaturated/α-hetero) is 1. The van der Waals surface area contributed by atoms with Crippen molar-refractivity contribution in [3.8, 4) is 0 Å². The van der Waals surface area contributed by atoms with E-state index < -0.39 is 18.5 Å². The highest BCUT2D eigenvalue weighted by molar-refractivity contribution is 5.84. The zero-order valence-corrected chi connectivity index (χ0v) is 6.21. The van der Waals surface area contributed by atoms with Crippen LogP contribution in [0.4, 0.5) is 0 Å². The van der Waals surface area contributed by atoms with Gasteiger partial charge in [0.1, 0.15) is 6.61 Å². The van der Waals surface area contributed by atoms with E-state index in [4.69, 9.17) is 10.2 Å². The molecule has 12 heavy (non-hydrogen) atoms. The lowest BCUT2D eigenvalue weighted by Gasteiger charge is -2.04. The van der Waals surface area contributed by atoms with Gasteiger partial charge in [0.2, 0.25) is 0 Å². The molecular formula is C7H8N2O3. The van der Waals surface area contributed by atoms with Crippen LogP contribution in [0.3, 0.4) is 0 Å². The van der Waals surface area contributed by atoms with E-state index >= 15 is 0 Å². The van der Waals surface area contributed by atoms with E-state index in [1.54, 1.807) is 6.07 Å². The first-order chi connectivity index (χ1) is 5.75. The van der Waals surface area contributed by atoms with E-state index in [0.717, 1.165) is 0 Å². The third-order valence-electron chi connectivity index (χ3n) is 1.29. The number of hydrogen-bond donors (Lipinski definition) is 2. The highest BCUT2D eigenvalue weighted by atomic mass is 16.3. The number of hydrogen-bond acceptors (Lipinski definition) is 5. The maximum atomic E-state index is 10.7. The van der Waals surface area contributed by atoms with Crippen molar-refractivity contribution in [2.75, 3.05) is 6.61 Å². The molecular weight excluding hydrogens is 160 g/mol. The molecule has 0 fully saturated rings. The fourth-order valence-electron chi connectivity index (χ4n) is 0.682. The number of nitrogens with zero attached hydrogens (tertiary/aromatic N) is 2. The molecule has 5 heteroatoms. The van der Waals surface area contributed by atoms with Gasteiger partial charge in [-0.3, -0.25) is 4.79 Å². The molecule has 2 N–H and O–H groups in total. The van der Waals surface area contributed by atoms with E-state index in [0.29, 0.717) is 0 Å². The summed E-state index contributed by atoms with van der Waals surface area (Å²) >= 11 is 0. The number of rotatable bonds is 3. The van der Waals surface area contributed by atoms with Gasteiger partial charge < -0.3 is 10.2 Å². The van der Waals surface area contributed by atoms with Crippen LogP contribution < -0.4 is 0 Å². The zero-order valence-electron chi connectivity index (χ0n) is 6.21. The largest absolute Gasteiger partial charge is 0.388 e. The SMILES string of the molecule is O=C(CO)C(O)c1ncccn1. The molecule has 0 saturated heterocycles. The van der Waals surface area contributed by atoms with Gasteiger partial charge >= 0.3 is 0 Å². The van der Waals surface area contributed by atoms with Crippen LogP contribution in [-0.4, -0.2) is 32.6 Å². The van der Waals surface area contributed by atoms with Crippen molar-refractivity contribution >= 4 is 5.78 Å². The Balaban J connectivity index is 2.78. The molecule has 0 bridgehead atoms. The predicted molar refractivity (Wildman–Crippen MR) is 39.1 cm³/mol. The standard InChI is InChI=1S/C7H8N2O3/c10-4-5(11)6(12)7-8-2-1-3-9-7/h1-3,6,10,12H,4H2. The molecule has 0 amide bonds. The molecule has 1 aromatic heterocycles. The molecule has 0 aliphatic rings. The Morgan fingerprint density at radius 2 is 2.08 bits per heavy atom. The molecule has 0 aliphatic heterocycles. The zero-order chi connectivity index (χ0) is 8.97. The van der Waals surface area contributed by atoms with Gasteiger partial charge in [-0.05, 0) is 6.07 Å². The summed E-state index contributed by atoms with van der Waals surface area (Å²) in [6.45, 7) is -0.709. The maximum absolute atomic E-state index is 10.7. The number of carbonyl (C=O) groups excluding carboxylic acids is 1. The lowest BCUT2D eigenvalue weighted by atomic mass is 10.2. The molecule has 1 rings (SSSR count). The predicted octanol–water partition coefficient (Wildman–Crippen LogP) is -0.929. The second-order valence-electron chi connectivity index (χ2n) is 2.13. The second kappa shape index (κ2) is 3.89. The summed E-state index contributed by atoms with van der Waals surface area (Å²) < 4.78 is 0. The van der Waals surface area contributed by atoms with Crippen molar-refractivity contribution in [2.24, 2.45) is 0 Å². The number of aromatic nitrogens is 2. The Hall–Kier alpha value is -1.33. The molecule has 0 aliphatic carbocycles. The highest BCUT2D eigenvalue weighted by Gasteiger charge is 2.17. The van der Waals surface area contributed by atoms with E-state index in [9.17, 15) is 4.79 Å². The van der Waals surface area contributed by atoms with Crippen molar-refractivity contribution in [3.05, 3.63) is 24.3 Å². The Bertz CT molecular complexity index is 263. The van der Waals surface area contributed by atoms with Gasteiger partial charge in [0, 0.05) is 12.4 Å². The molecule has 0 aromatic carbocycles. The molecule has 1 heterocycles. The van der Waals surface area contributed by atoms with Crippen LogP contribution in [0.25, 0.3) is 0 Å². The van der Waals surface area contributed by atoms with Gasteiger partial charge in [-0.2, -0.15) is 0 Å². The van der Waals surface area contributed by atoms with E-state index in [1.165, 1.54) is 12.4 Å². The normalized spacial score (nSPS) is 12.5. The lowest BCUT2D eigenvalue weighted by Crippen LogP contribution is -2.17. The Labute approximate surface area is 68.7 Å².